The molecule has 0 unspecified atom stereocenters. The van der Waals surface area contributed by atoms with Gasteiger partial charge >= 0.3 is 6.09 Å². The normalized spacial score (nSPS) is 13.6. The zero-order valence-electron chi connectivity index (χ0n) is 12.2. The Bertz CT molecular complexity index is 439. The monoisotopic (exact) mass is 391 g/mol. The van der Waals surface area contributed by atoms with Crippen LogP contribution in [-0.2, 0) is 15.3 Å². The van der Waals surface area contributed by atoms with Gasteiger partial charge < -0.3 is 14.8 Å². The number of rotatable bonds is 7. The van der Waals surface area contributed by atoms with Crippen LogP contribution in [0.25, 0.3) is 0 Å². The van der Waals surface area contributed by atoms with Gasteiger partial charge in [0.05, 0.1) is 0 Å². The maximum Gasteiger partial charge on any atom is 0.409 e. The Morgan fingerprint density at radius 1 is 1.30 bits per heavy atom. The summed E-state index contributed by atoms with van der Waals surface area (Å²) >= 11 is 2.23. The first kappa shape index (κ1) is 17.2. The van der Waals surface area contributed by atoms with Crippen LogP contribution in [0.1, 0.15) is 38.7 Å². The summed E-state index contributed by atoms with van der Waals surface area (Å²) in [4.78, 5) is 11.9. The lowest BCUT2D eigenvalue weighted by atomic mass is 10.0. The Hall–Kier alpha value is -0.820. The molecule has 0 radical (unpaired) electrons. The molecule has 0 bridgehead atoms. The minimum atomic E-state index is -1.02. The van der Waals surface area contributed by atoms with Crippen LogP contribution < -0.4 is 5.32 Å². The fourth-order valence-corrected chi connectivity index (χ4v) is 2.80. The maximum atomic E-state index is 11.9. The average molecular weight is 391 g/mol. The van der Waals surface area contributed by atoms with Crippen molar-refractivity contribution in [1.82, 2.24) is 5.32 Å². The van der Waals surface area contributed by atoms with Crippen molar-refractivity contribution in [2.75, 3.05) is 13.7 Å². The summed E-state index contributed by atoms with van der Waals surface area (Å²) in [6, 6.07) is 7.80. The number of methoxy groups -OCH3 is 1. The Morgan fingerprint density at radius 2 is 2.00 bits per heavy atom. The number of benzene rings is 1. The summed E-state index contributed by atoms with van der Waals surface area (Å²) in [5, 5.41) is 2.73. The summed E-state index contributed by atoms with van der Waals surface area (Å²) in [6.45, 7) is 4.63. The number of ether oxygens (including phenoxy) is 2. The molecule has 0 fully saturated rings. The van der Waals surface area contributed by atoms with Crippen molar-refractivity contribution in [3.63, 3.8) is 0 Å². The molecule has 1 atom stereocenters. The predicted molar refractivity (Wildman–Crippen MR) is 87.5 cm³/mol. The van der Waals surface area contributed by atoms with Crippen molar-refractivity contribution in [2.24, 2.45) is 0 Å². The van der Waals surface area contributed by atoms with E-state index >= 15 is 0 Å². The van der Waals surface area contributed by atoms with E-state index in [0.29, 0.717) is 13.0 Å². The van der Waals surface area contributed by atoms with E-state index in [2.05, 4.69) is 27.9 Å². The van der Waals surface area contributed by atoms with E-state index in [1.165, 1.54) is 0 Å². The zero-order chi connectivity index (χ0) is 15.0. The van der Waals surface area contributed by atoms with Crippen LogP contribution in [0.5, 0.6) is 0 Å². The second-order valence-electron chi connectivity index (χ2n) is 4.50. The van der Waals surface area contributed by atoms with Gasteiger partial charge in [0.1, 0.15) is 0 Å². The second kappa shape index (κ2) is 8.46. The molecule has 1 amide bonds. The standard InChI is InChI=1S/C15H22INO3/c1-4-10-15(19-3,20-14(18)17-11-5-2)12-8-6-7-9-13(12)16/h6-9H,4-5,10-11H2,1-3H3,(H,17,18)/t15-/m0/s1. The molecule has 0 aliphatic rings. The van der Waals surface area contributed by atoms with Crippen molar-refractivity contribution in [2.45, 2.75) is 38.9 Å². The van der Waals surface area contributed by atoms with Crippen molar-refractivity contribution < 1.29 is 14.3 Å². The van der Waals surface area contributed by atoms with E-state index in [0.717, 1.165) is 22.0 Å². The highest BCUT2D eigenvalue weighted by Crippen LogP contribution is 2.34. The lowest BCUT2D eigenvalue weighted by molar-refractivity contribution is -0.198. The largest absolute Gasteiger partial charge is 0.412 e. The van der Waals surface area contributed by atoms with Crippen LogP contribution in [0.4, 0.5) is 4.79 Å². The smallest absolute Gasteiger partial charge is 0.409 e. The van der Waals surface area contributed by atoms with E-state index in [-0.39, 0.29) is 0 Å². The average Bonchev–Trinajstić information content (AvgIpc) is 2.45. The van der Waals surface area contributed by atoms with Crippen LogP contribution in [0.15, 0.2) is 24.3 Å². The molecule has 1 aromatic carbocycles. The Morgan fingerprint density at radius 3 is 2.55 bits per heavy atom. The molecule has 0 saturated heterocycles. The molecule has 0 spiro atoms. The fraction of sp³-hybridized carbons (Fsp3) is 0.533. The van der Waals surface area contributed by atoms with Crippen LogP contribution in [0, 0.1) is 3.57 Å². The van der Waals surface area contributed by atoms with Crippen LogP contribution in [0.3, 0.4) is 0 Å². The fourth-order valence-electron chi connectivity index (χ4n) is 2.01. The van der Waals surface area contributed by atoms with E-state index in [9.17, 15) is 4.79 Å². The SMILES string of the molecule is CCCNC(=O)O[C@](CCC)(OC)c1ccccc1I. The summed E-state index contributed by atoms with van der Waals surface area (Å²) in [6.07, 6.45) is 1.89. The van der Waals surface area contributed by atoms with E-state index in [1.807, 2.05) is 38.1 Å². The lowest BCUT2D eigenvalue weighted by Crippen LogP contribution is -2.39. The van der Waals surface area contributed by atoms with E-state index in [1.54, 1.807) is 7.11 Å². The second-order valence-corrected chi connectivity index (χ2v) is 5.67. The molecule has 1 rings (SSSR count). The molecule has 0 heterocycles. The number of halogens is 1. The number of carbonyl (C=O) groups excluding carboxylic acids is 1. The summed E-state index contributed by atoms with van der Waals surface area (Å²) in [7, 11) is 1.58. The van der Waals surface area contributed by atoms with Gasteiger partial charge in [0, 0.05) is 29.2 Å². The predicted octanol–water partition coefficient (Wildman–Crippen LogP) is 4.03. The van der Waals surface area contributed by atoms with Gasteiger partial charge in [-0.1, -0.05) is 32.0 Å². The molecule has 1 N–H and O–H groups in total. The van der Waals surface area contributed by atoms with Crippen molar-refractivity contribution in [3.05, 3.63) is 33.4 Å². The third-order valence-corrected chi connectivity index (χ3v) is 3.91. The highest BCUT2D eigenvalue weighted by atomic mass is 127. The molecule has 0 aromatic heterocycles. The number of carbonyl (C=O) groups is 1. The lowest BCUT2D eigenvalue weighted by Gasteiger charge is -2.32. The van der Waals surface area contributed by atoms with E-state index < -0.39 is 11.9 Å². The molecule has 4 nitrogen and oxygen atoms in total. The third kappa shape index (κ3) is 4.34. The van der Waals surface area contributed by atoms with Gasteiger partial charge in [-0.15, -0.1) is 0 Å². The number of amides is 1. The van der Waals surface area contributed by atoms with Gasteiger partial charge in [-0.05, 0) is 41.5 Å². The summed E-state index contributed by atoms with van der Waals surface area (Å²) in [5.74, 6) is -1.02. The first-order valence-corrected chi connectivity index (χ1v) is 7.94. The van der Waals surface area contributed by atoms with Gasteiger partial charge in [-0.2, -0.15) is 0 Å². The molecule has 5 heteroatoms. The molecule has 20 heavy (non-hydrogen) atoms. The zero-order valence-corrected chi connectivity index (χ0v) is 14.4. The first-order chi connectivity index (χ1) is 9.59. The van der Waals surface area contributed by atoms with Gasteiger partial charge in [0.25, 0.3) is 0 Å². The van der Waals surface area contributed by atoms with E-state index in [4.69, 9.17) is 9.47 Å². The Labute approximate surface area is 134 Å². The van der Waals surface area contributed by atoms with Crippen LogP contribution >= 0.6 is 22.6 Å². The quantitative estimate of drug-likeness (QED) is 0.564. The van der Waals surface area contributed by atoms with Crippen LogP contribution in [-0.4, -0.2) is 19.7 Å². The molecule has 1 aromatic rings. The van der Waals surface area contributed by atoms with Gasteiger partial charge in [0.2, 0.25) is 5.79 Å². The Balaban J connectivity index is 3.03. The molecule has 112 valence electrons. The highest BCUT2D eigenvalue weighted by Gasteiger charge is 2.37. The molecule has 0 saturated carbocycles. The van der Waals surface area contributed by atoms with Crippen molar-refractivity contribution in [3.8, 4) is 0 Å². The molecular formula is C15H22INO3. The summed E-state index contributed by atoms with van der Waals surface area (Å²) < 4.78 is 12.2. The van der Waals surface area contributed by atoms with Gasteiger partial charge in [-0.3, -0.25) is 0 Å². The molecular weight excluding hydrogens is 369 g/mol. The number of hydrogen-bond acceptors (Lipinski definition) is 3. The number of hydrogen-bond donors (Lipinski definition) is 1. The minimum Gasteiger partial charge on any atom is -0.412 e. The third-order valence-electron chi connectivity index (χ3n) is 2.97. The number of alkyl carbamates (subject to hydrolysis) is 1. The minimum absolute atomic E-state index is 0.443. The molecule has 0 aliphatic carbocycles. The number of nitrogens with one attached hydrogen (secondary N) is 1. The first-order valence-electron chi connectivity index (χ1n) is 6.86. The topological polar surface area (TPSA) is 47.6 Å². The van der Waals surface area contributed by atoms with Crippen molar-refractivity contribution in [1.29, 1.82) is 0 Å². The van der Waals surface area contributed by atoms with Crippen LogP contribution in [0.2, 0.25) is 0 Å². The molecule has 0 aliphatic heterocycles. The summed E-state index contributed by atoms with van der Waals surface area (Å²) in [5.41, 5.74) is 0.886. The van der Waals surface area contributed by atoms with Gasteiger partial charge in [-0.25, -0.2) is 4.79 Å². The highest BCUT2D eigenvalue weighted by molar-refractivity contribution is 14.1. The maximum absolute atomic E-state index is 11.9. The Kier molecular flexibility index (Phi) is 7.29. The van der Waals surface area contributed by atoms with Gasteiger partial charge in [0.15, 0.2) is 0 Å². The van der Waals surface area contributed by atoms with Crippen molar-refractivity contribution >= 4 is 28.7 Å².